The molecule has 0 heterocycles. The average molecular weight is 345 g/mol. The van der Waals surface area contributed by atoms with Crippen LogP contribution in [0.4, 0.5) is 0 Å². The van der Waals surface area contributed by atoms with E-state index < -0.39 is 0 Å². The number of hydrogen-bond acceptors (Lipinski definition) is 5. The summed E-state index contributed by atoms with van der Waals surface area (Å²) in [5.74, 6) is 2.52. The molecule has 0 aliphatic heterocycles. The van der Waals surface area contributed by atoms with E-state index in [0.717, 1.165) is 11.1 Å². The van der Waals surface area contributed by atoms with Crippen LogP contribution in [0, 0.1) is 0 Å². The van der Waals surface area contributed by atoms with Gasteiger partial charge in [0.15, 0.2) is 11.5 Å². The first-order chi connectivity index (χ1) is 12.1. The van der Waals surface area contributed by atoms with E-state index in [0.29, 0.717) is 29.5 Å². The summed E-state index contributed by atoms with van der Waals surface area (Å²) in [5.41, 5.74) is 1.75. The van der Waals surface area contributed by atoms with Crippen LogP contribution in [0.2, 0.25) is 0 Å². The summed E-state index contributed by atoms with van der Waals surface area (Å²) < 4.78 is 20.9. The number of benzene rings is 2. The Labute approximate surface area is 147 Å². The highest BCUT2D eigenvalue weighted by Gasteiger charge is 2.09. The molecule has 0 saturated heterocycles. The highest BCUT2D eigenvalue weighted by molar-refractivity contribution is 5.78. The quantitative estimate of drug-likeness (QED) is 0.797. The summed E-state index contributed by atoms with van der Waals surface area (Å²) in [6.45, 7) is 0.389. The van der Waals surface area contributed by atoms with Crippen LogP contribution in [0.25, 0.3) is 0 Å². The molecule has 6 nitrogen and oxygen atoms in total. The van der Waals surface area contributed by atoms with Crippen molar-refractivity contribution in [2.75, 3.05) is 28.4 Å². The molecule has 25 heavy (non-hydrogen) atoms. The third-order valence-corrected chi connectivity index (χ3v) is 3.71. The van der Waals surface area contributed by atoms with Crippen molar-refractivity contribution < 1.29 is 23.7 Å². The lowest BCUT2D eigenvalue weighted by atomic mass is 10.1. The lowest BCUT2D eigenvalue weighted by molar-refractivity contribution is -0.120. The maximum absolute atomic E-state index is 12.2. The fourth-order valence-electron chi connectivity index (χ4n) is 2.41. The van der Waals surface area contributed by atoms with Gasteiger partial charge in [-0.25, -0.2) is 0 Å². The summed E-state index contributed by atoms with van der Waals surface area (Å²) in [7, 11) is 6.33. The van der Waals surface area contributed by atoms with Gasteiger partial charge in [0.05, 0.1) is 34.9 Å². The van der Waals surface area contributed by atoms with Crippen LogP contribution in [-0.4, -0.2) is 34.3 Å². The Kier molecular flexibility index (Phi) is 6.51. The molecule has 2 rings (SSSR count). The molecule has 0 aliphatic rings. The van der Waals surface area contributed by atoms with E-state index in [1.165, 1.54) is 0 Å². The van der Waals surface area contributed by atoms with Crippen molar-refractivity contribution in [1.29, 1.82) is 0 Å². The van der Waals surface area contributed by atoms with E-state index in [4.69, 9.17) is 18.9 Å². The zero-order chi connectivity index (χ0) is 18.2. The maximum atomic E-state index is 12.2. The van der Waals surface area contributed by atoms with Gasteiger partial charge in [-0.1, -0.05) is 6.07 Å². The normalized spacial score (nSPS) is 10.1. The zero-order valence-electron chi connectivity index (χ0n) is 14.9. The number of carbonyl (C=O) groups excluding carboxylic acids is 1. The van der Waals surface area contributed by atoms with Crippen molar-refractivity contribution in [2.45, 2.75) is 13.0 Å². The van der Waals surface area contributed by atoms with Crippen LogP contribution < -0.4 is 24.3 Å². The summed E-state index contributed by atoms with van der Waals surface area (Å²) in [5, 5.41) is 2.89. The first-order valence-electron chi connectivity index (χ1n) is 7.79. The van der Waals surface area contributed by atoms with E-state index in [9.17, 15) is 4.79 Å². The van der Waals surface area contributed by atoms with E-state index in [2.05, 4.69) is 5.32 Å². The average Bonchev–Trinajstić information content (AvgIpc) is 2.65. The Balaban J connectivity index is 1.99. The predicted octanol–water partition coefficient (Wildman–Crippen LogP) is 2.58. The minimum atomic E-state index is -0.0889. The van der Waals surface area contributed by atoms with Crippen molar-refractivity contribution in [3.8, 4) is 23.0 Å². The molecular weight excluding hydrogens is 322 g/mol. The monoisotopic (exact) mass is 345 g/mol. The van der Waals surface area contributed by atoms with Crippen LogP contribution in [0.3, 0.4) is 0 Å². The zero-order valence-corrected chi connectivity index (χ0v) is 14.9. The fraction of sp³-hybridized carbons (Fsp3) is 0.316. The second-order valence-corrected chi connectivity index (χ2v) is 5.36. The van der Waals surface area contributed by atoms with E-state index >= 15 is 0 Å². The van der Waals surface area contributed by atoms with Crippen LogP contribution >= 0.6 is 0 Å². The molecule has 1 amide bonds. The van der Waals surface area contributed by atoms with Crippen molar-refractivity contribution in [2.24, 2.45) is 0 Å². The number of ether oxygens (including phenoxy) is 4. The Morgan fingerprint density at radius 3 is 2.00 bits per heavy atom. The van der Waals surface area contributed by atoms with Gasteiger partial charge >= 0.3 is 0 Å². The van der Waals surface area contributed by atoms with Gasteiger partial charge in [0, 0.05) is 12.6 Å². The summed E-state index contributed by atoms with van der Waals surface area (Å²) in [4.78, 5) is 12.2. The number of hydrogen-bond donors (Lipinski definition) is 1. The van der Waals surface area contributed by atoms with Crippen LogP contribution in [0.15, 0.2) is 36.4 Å². The molecule has 0 unspecified atom stereocenters. The molecule has 0 aliphatic carbocycles. The van der Waals surface area contributed by atoms with Crippen LogP contribution in [0.5, 0.6) is 23.0 Å². The van der Waals surface area contributed by atoms with E-state index in [1.54, 1.807) is 46.6 Å². The van der Waals surface area contributed by atoms with Crippen molar-refractivity contribution in [3.05, 3.63) is 47.5 Å². The smallest absolute Gasteiger partial charge is 0.224 e. The summed E-state index contributed by atoms with van der Waals surface area (Å²) in [6.07, 6.45) is 0.251. The minimum Gasteiger partial charge on any atom is -0.497 e. The van der Waals surface area contributed by atoms with E-state index in [1.807, 2.05) is 18.2 Å². The number of carbonyl (C=O) groups is 1. The number of rotatable bonds is 8. The van der Waals surface area contributed by atoms with Gasteiger partial charge in [0.2, 0.25) is 5.91 Å². The highest BCUT2D eigenvalue weighted by atomic mass is 16.5. The van der Waals surface area contributed by atoms with Crippen molar-refractivity contribution >= 4 is 5.91 Å². The lowest BCUT2D eigenvalue weighted by Gasteiger charge is -2.11. The lowest BCUT2D eigenvalue weighted by Crippen LogP contribution is -2.24. The summed E-state index contributed by atoms with van der Waals surface area (Å²) in [6, 6.07) is 10.9. The van der Waals surface area contributed by atoms with Gasteiger partial charge in [-0.2, -0.15) is 0 Å². The van der Waals surface area contributed by atoms with Crippen molar-refractivity contribution in [1.82, 2.24) is 5.32 Å². The topological polar surface area (TPSA) is 66.0 Å². The van der Waals surface area contributed by atoms with Gasteiger partial charge in [-0.3, -0.25) is 4.79 Å². The molecule has 0 spiro atoms. The SMILES string of the molecule is COc1cc(CNC(=O)Cc2ccc(OC)c(OC)c2)cc(OC)c1. The molecule has 1 N–H and O–H groups in total. The van der Waals surface area contributed by atoms with E-state index in [-0.39, 0.29) is 12.3 Å². The van der Waals surface area contributed by atoms with Gasteiger partial charge < -0.3 is 24.3 Å². The first-order valence-corrected chi connectivity index (χ1v) is 7.79. The Morgan fingerprint density at radius 2 is 1.44 bits per heavy atom. The number of nitrogens with one attached hydrogen (secondary N) is 1. The maximum Gasteiger partial charge on any atom is 0.224 e. The second-order valence-electron chi connectivity index (χ2n) is 5.36. The molecule has 0 atom stereocenters. The molecule has 0 saturated carbocycles. The van der Waals surface area contributed by atoms with Crippen molar-refractivity contribution in [3.63, 3.8) is 0 Å². The fourth-order valence-corrected chi connectivity index (χ4v) is 2.41. The largest absolute Gasteiger partial charge is 0.497 e. The van der Waals surface area contributed by atoms with Gasteiger partial charge in [0.1, 0.15) is 11.5 Å². The standard InChI is InChI=1S/C19H23NO5/c1-22-15-7-14(8-16(11-15)23-2)12-20-19(21)10-13-5-6-17(24-3)18(9-13)25-4/h5-9,11H,10,12H2,1-4H3,(H,20,21). The molecule has 0 bridgehead atoms. The molecule has 0 aromatic heterocycles. The molecular formula is C19H23NO5. The minimum absolute atomic E-state index is 0.0889. The van der Waals surface area contributed by atoms with Gasteiger partial charge in [-0.15, -0.1) is 0 Å². The first kappa shape index (κ1) is 18.4. The van der Waals surface area contributed by atoms with Gasteiger partial charge in [-0.05, 0) is 35.4 Å². The van der Waals surface area contributed by atoms with Crippen LogP contribution in [-0.2, 0) is 17.8 Å². The number of methoxy groups -OCH3 is 4. The third kappa shape index (κ3) is 5.04. The summed E-state index contributed by atoms with van der Waals surface area (Å²) >= 11 is 0. The third-order valence-electron chi connectivity index (χ3n) is 3.71. The predicted molar refractivity (Wildman–Crippen MR) is 94.6 cm³/mol. The van der Waals surface area contributed by atoms with Crippen LogP contribution in [0.1, 0.15) is 11.1 Å². The Hall–Kier alpha value is -2.89. The Bertz CT molecular complexity index is 707. The van der Waals surface area contributed by atoms with Gasteiger partial charge in [0.25, 0.3) is 0 Å². The molecule has 134 valence electrons. The molecule has 0 fully saturated rings. The number of amides is 1. The molecule has 2 aromatic rings. The second kappa shape index (κ2) is 8.82. The highest BCUT2D eigenvalue weighted by Crippen LogP contribution is 2.27. The molecule has 2 aromatic carbocycles. The Morgan fingerprint density at radius 1 is 0.800 bits per heavy atom. The molecule has 0 radical (unpaired) electrons. The molecule has 6 heteroatoms.